The first kappa shape index (κ1) is 13.5. The molecule has 0 aliphatic heterocycles. The molecule has 0 aliphatic carbocycles. The fourth-order valence-corrected chi connectivity index (χ4v) is 1.72. The van der Waals surface area contributed by atoms with Gasteiger partial charge >= 0.3 is 0 Å². The molecule has 1 unspecified atom stereocenters. The van der Waals surface area contributed by atoms with Crippen LogP contribution in [0.25, 0.3) is 0 Å². The Bertz CT molecular complexity index is 388. The second kappa shape index (κ2) is 6.27. The second-order valence-corrected chi connectivity index (χ2v) is 4.51. The van der Waals surface area contributed by atoms with E-state index in [4.69, 9.17) is 6.42 Å². The molecule has 1 rings (SSSR count). The fraction of sp³-hybridized carbons (Fsp3) is 0.375. The van der Waals surface area contributed by atoms with Gasteiger partial charge in [-0.15, -0.1) is 13.0 Å². The molecule has 0 bridgehead atoms. The number of likely N-dealkylation sites (N-methyl/N-ethyl adjacent to an activating group) is 1. The van der Waals surface area contributed by atoms with Crippen LogP contribution in [0.1, 0.15) is 18.9 Å². The largest absolute Gasteiger partial charge is 0.287 e. The molecule has 1 heteroatoms. The van der Waals surface area contributed by atoms with E-state index in [1.165, 1.54) is 5.56 Å². The molecule has 0 fully saturated rings. The van der Waals surface area contributed by atoms with Crippen LogP contribution in [0.4, 0.5) is 0 Å². The summed E-state index contributed by atoms with van der Waals surface area (Å²) < 4.78 is 0. The van der Waals surface area contributed by atoms with Gasteiger partial charge in [0.15, 0.2) is 0 Å². The van der Waals surface area contributed by atoms with Gasteiger partial charge in [-0.05, 0) is 38.9 Å². The van der Waals surface area contributed by atoms with E-state index in [0.29, 0.717) is 0 Å². The number of rotatable bonds is 6. The number of hydrogen-bond acceptors (Lipinski definition) is 1. The Hall–Kier alpha value is -1.52. The summed E-state index contributed by atoms with van der Waals surface area (Å²) in [4.78, 5) is 2.17. The van der Waals surface area contributed by atoms with Gasteiger partial charge in [-0.2, -0.15) is 0 Å². The van der Waals surface area contributed by atoms with E-state index in [2.05, 4.69) is 41.7 Å². The third kappa shape index (κ3) is 3.76. The highest BCUT2D eigenvalue weighted by atomic mass is 15.2. The topological polar surface area (TPSA) is 3.24 Å². The monoisotopic (exact) mass is 227 g/mol. The first-order valence-electron chi connectivity index (χ1n) is 5.99. The maximum atomic E-state index is 5.54. The van der Waals surface area contributed by atoms with Gasteiger partial charge in [0, 0.05) is 0 Å². The molecular weight excluding hydrogens is 206 g/mol. The van der Waals surface area contributed by atoms with Crippen LogP contribution in [-0.4, -0.2) is 24.0 Å². The quantitative estimate of drug-likeness (QED) is 0.533. The predicted molar refractivity (Wildman–Crippen MR) is 74.8 cm³/mol. The lowest BCUT2D eigenvalue weighted by Crippen LogP contribution is -2.41. The molecule has 1 aromatic carbocycles. The van der Waals surface area contributed by atoms with Crippen LogP contribution in [-0.2, 0) is 6.42 Å². The Kier molecular flexibility index (Phi) is 5.00. The van der Waals surface area contributed by atoms with E-state index in [9.17, 15) is 0 Å². The number of hydrogen-bond donors (Lipinski definition) is 0. The van der Waals surface area contributed by atoms with Crippen LogP contribution in [0.2, 0.25) is 0 Å². The molecule has 0 aromatic heterocycles. The molecule has 17 heavy (non-hydrogen) atoms. The van der Waals surface area contributed by atoms with Crippen molar-refractivity contribution in [1.82, 2.24) is 4.90 Å². The number of nitrogens with zero attached hydrogens (tertiary/aromatic N) is 1. The normalized spacial score (nSPS) is 14.0. The molecule has 1 atom stereocenters. The smallest absolute Gasteiger partial charge is 0.0974 e. The van der Waals surface area contributed by atoms with Gasteiger partial charge in [-0.1, -0.05) is 42.3 Å². The van der Waals surface area contributed by atoms with Crippen molar-refractivity contribution in [2.45, 2.75) is 25.3 Å². The standard InChI is InChI=1S/C16H21N/c1-5-16(3,6-2)17(4)14-10-13-15-11-8-7-9-12-15/h1,6-9,11-12H,2,10,13-14H2,3-4H3. The maximum Gasteiger partial charge on any atom is 0.0974 e. The summed E-state index contributed by atoms with van der Waals surface area (Å²) in [5.74, 6) is 2.78. The number of aryl methyl sites for hydroxylation is 1. The zero-order valence-electron chi connectivity index (χ0n) is 10.8. The zero-order chi connectivity index (χ0) is 12.7. The molecule has 1 nitrogen and oxygen atoms in total. The maximum absolute atomic E-state index is 5.54. The predicted octanol–water partition coefficient (Wildman–Crippen LogP) is 3.13. The summed E-state index contributed by atoms with van der Waals surface area (Å²) in [6, 6.07) is 10.5. The first-order chi connectivity index (χ1) is 8.12. The van der Waals surface area contributed by atoms with Crippen molar-refractivity contribution >= 4 is 0 Å². The third-order valence-electron chi connectivity index (χ3n) is 3.28. The molecule has 90 valence electrons. The lowest BCUT2D eigenvalue weighted by atomic mass is 10.0. The van der Waals surface area contributed by atoms with Crippen LogP contribution in [0.15, 0.2) is 43.0 Å². The minimum absolute atomic E-state index is 0.337. The van der Waals surface area contributed by atoms with E-state index in [1.54, 1.807) is 0 Å². The Morgan fingerprint density at radius 1 is 1.41 bits per heavy atom. The van der Waals surface area contributed by atoms with E-state index >= 15 is 0 Å². The van der Waals surface area contributed by atoms with Crippen molar-refractivity contribution in [3.63, 3.8) is 0 Å². The average molecular weight is 227 g/mol. The third-order valence-corrected chi connectivity index (χ3v) is 3.28. The van der Waals surface area contributed by atoms with Gasteiger partial charge in [0.25, 0.3) is 0 Å². The van der Waals surface area contributed by atoms with Crippen molar-refractivity contribution < 1.29 is 0 Å². The van der Waals surface area contributed by atoms with E-state index in [-0.39, 0.29) is 5.54 Å². The Morgan fingerprint density at radius 3 is 2.59 bits per heavy atom. The van der Waals surface area contributed by atoms with Crippen molar-refractivity contribution in [3.8, 4) is 12.3 Å². The minimum atomic E-state index is -0.337. The van der Waals surface area contributed by atoms with Crippen LogP contribution in [0.5, 0.6) is 0 Å². The van der Waals surface area contributed by atoms with E-state index < -0.39 is 0 Å². The van der Waals surface area contributed by atoms with E-state index in [1.807, 2.05) is 26.1 Å². The van der Waals surface area contributed by atoms with Crippen molar-refractivity contribution in [2.24, 2.45) is 0 Å². The van der Waals surface area contributed by atoms with Crippen LogP contribution in [0.3, 0.4) is 0 Å². The summed E-state index contributed by atoms with van der Waals surface area (Å²) in [6.07, 6.45) is 9.56. The lowest BCUT2D eigenvalue weighted by molar-refractivity contribution is 0.238. The van der Waals surface area contributed by atoms with Gasteiger partial charge < -0.3 is 0 Å². The minimum Gasteiger partial charge on any atom is -0.287 e. The molecular formula is C16H21N. The number of terminal acetylenes is 1. The summed E-state index contributed by atoms with van der Waals surface area (Å²) in [7, 11) is 2.05. The molecule has 0 heterocycles. The Balaban J connectivity index is 2.42. The van der Waals surface area contributed by atoms with Gasteiger partial charge in [-0.25, -0.2) is 0 Å². The zero-order valence-corrected chi connectivity index (χ0v) is 10.8. The highest BCUT2D eigenvalue weighted by Crippen LogP contribution is 2.14. The molecule has 1 aromatic rings. The lowest BCUT2D eigenvalue weighted by Gasteiger charge is -2.31. The SMILES string of the molecule is C#CC(C)(C=C)N(C)CCCc1ccccc1. The number of benzene rings is 1. The molecule has 0 saturated carbocycles. The van der Waals surface area contributed by atoms with Crippen LogP contribution in [0, 0.1) is 12.3 Å². The van der Waals surface area contributed by atoms with E-state index in [0.717, 1.165) is 19.4 Å². The van der Waals surface area contributed by atoms with Crippen LogP contribution >= 0.6 is 0 Å². The molecule has 0 saturated heterocycles. The average Bonchev–Trinajstić information content (AvgIpc) is 2.39. The fourth-order valence-electron chi connectivity index (χ4n) is 1.72. The van der Waals surface area contributed by atoms with Crippen molar-refractivity contribution in [1.29, 1.82) is 0 Å². The van der Waals surface area contributed by atoms with Gasteiger partial charge in [-0.3, -0.25) is 4.90 Å². The highest BCUT2D eigenvalue weighted by Gasteiger charge is 2.21. The summed E-state index contributed by atoms with van der Waals surface area (Å²) in [5, 5.41) is 0. The Morgan fingerprint density at radius 2 is 2.06 bits per heavy atom. The highest BCUT2D eigenvalue weighted by molar-refractivity contribution is 5.20. The molecule has 0 N–H and O–H groups in total. The van der Waals surface area contributed by atoms with Gasteiger partial charge in [0.05, 0.1) is 5.54 Å². The van der Waals surface area contributed by atoms with Crippen LogP contribution < -0.4 is 0 Å². The molecule has 0 radical (unpaired) electrons. The second-order valence-electron chi connectivity index (χ2n) is 4.51. The Labute approximate surface area is 105 Å². The molecule has 0 amide bonds. The first-order valence-corrected chi connectivity index (χ1v) is 5.99. The summed E-state index contributed by atoms with van der Waals surface area (Å²) in [5.41, 5.74) is 1.04. The molecule has 0 spiro atoms. The summed E-state index contributed by atoms with van der Waals surface area (Å²) >= 11 is 0. The summed E-state index contributed by atoms with van der Waals surface area (Å²) in [6.45, 7) is 6.80. The van der Waals surface area contributed by atoms with Gasteiger partial charge in [0.1, 0.15) is 0 Å². The molecule has 0 aliphatic rings. The van der Waals surface area contributed by atoms with Gasteiger partial charge in [0.2, 0.25) is 0 Å². The van der Waals surface area contributed by atoms with Crippen molar-refractivity contribution in [2.75, 3.05) is 13.6 Å². The van der Waals surface area contributed by atoms with Crippen molar-refractivity contribution in [3.05, 3.63) is 48.6 Å².